The molecule has 0 heterocycles. The van der Waals surface area contributed by atoms with Crippen LogP contribution in [0.4, 0.5) is 4.39 Å². The van der Waals surface area contributed by atoms with E-state index in [2.05, 4.69) is 31.9 Å². The van der Waals surface area contributed by atoms with Gasteiger partial charge in [0.05, 0.1) is 0 Å². The van der Waals surface area contributed by atoms with Gasteiger partial charge < -0.3 is 4.90 Å². The van der Waals surface area contributed by atoms with Gasteiger partial charge in [0, 0.05) is 12.5 Å². The molecule has 1 nitrogen and oxygen atoms in total. The van der Waals surface area contributed by atoms with Gasteiger partial charge in [-0.1, -0.05) is 24.6 Å². The third-order valence-electron chi connectivity index (χ3n) is 3.17. The predicted molar refractivity (Wildman–Crippen MR) is 59.1 cm³/mol. The van der Waals surface area contributed by atoms with E-state index in [1.165, 1.54) is 5.57 Å². The number of nitrogens with zero attached hydrogens (tertiary/aromatic N) is 1. The van der Waals surface area contributed by atoms with Crippen LogP contribution >= 0.6 is 0 Å². The maximum absolute atomic E-state index is 13.4. The molecule has 0 aromatic heterocycles. The summed E-state index contributed by atoms with van der Waals surface area (Å²) >= 11 is 0. The van der Waals surface area contributed by atoms with Crippen molar-refractivity contribution in [2.45, 2.75) is 39.4 Å². The lowest BCUT2D eigenvalue weighted by Gasteiger charge is -2.28. The zero-order valence-corrected chi connectivity index (χ0v) is 9.55. The lowest BCUT2D eigenvalue weighted by Crippen LogP contribution is -2.32. The number of likely N-dealkylation sites (N-methyl/N-ethyl adjacent to an activating group) is 1. The fourth-order valence-electron chi connectivity index (χ4n) is 1.65. The van der Waals surface area contributed by atoms with E-state index in [4.69, 9.17) is 0 Å². The van der Waals surface area contributed by atoms with Crippen LogP contribution < -0.4 is 0 Å². The summed E-state index contributed by atoms with van der Waals surface area (Å²) in [6.07, 6.45) is 3.77. The molecule has 2 heteroatoms. The standard InChI is InChI=1S/C12H20FN/c1-5-14(4)10(3)11-7-6-9(2)12(13)8-11/h6-7,10,12H,5,8H2,1-4H3/t10?,12-/m1/s1. The normalized spacial score (nSPS) is 24.6. The van der Waals surface area contributed by atoms with Gasteiger partial charge in [0.1, 0.15) is 6.17 Å². The molecule has 0 saturated carbocycles. The molecule has 0 bridgehead atoms. The lowest BCUT2D eigenvalue weighted by molar-refractivity contribution is 0.282. The zero-order chi connectivity index (χ0) is 10.7. The quantitative estimate of drug-likeness (QED) is 0.672. The van der Waals surface area contributed by atoms with Crippen molar-refractivity contribution in [3.05, 3.63) is 23.3 Å². The zero-order valence-electron chi connectivity index (χ0n) is 9.55. The molecule has 14 heavy (non-hydrogen) atoms. The Balaban J connectivity index is 2.71. The molecule has 0 radical (unpaired) electrons. The van der Waals surface area contributed by atoms with Gasteiger partial charge in [-0.05, 0) is 33.0 Å². The van der Waals surface area contributed by atoms with Crippen molar-refractivity contribution in [1.29, 1.82) is 0 Å². The van der Waals surface area contributed by atoms with Gasteiger partial charge in [-0.3, -0.25) is 0 Å². The van der Waals surface area contributed by atoms with Crippen molar-refractivity contribution in [2.24, 2.45) is 0 Å². The highest BCUT2D eigenvalue weighted by molar-refractivity contribution is 5.29. The maximum Gasteiger partial charge on any atom is 0.125 e. The molecule has 1 aliphatic carbocycles. The van der Waals surface area contributed by atoms with Gasteiger partial charge in [-0.2, -0.15) is 0 Å². The van der Waals surface area contributed by atoms with E-state index in [1.807, 2.05) is 13.0 Å². The van der Waals surface area contributed by atoms with E-state index < -0.39 is 6.17 Å². The highest BCUT2D eigenvalue weighted by atomic mass is 19.1. The first-order valence-corrected chi connectivity index (χ1v) is 5.27. The van der Waals surface area contributed by atoms with Crippen LogP contribution in [-0.2, 0) is 0 Å². The molecule has 0 aromatic carbocycles. The Hall–Kier alpha value is -0.630. The summed E-state index contributed by atoms with van der Waals surface area (Å²) in [5.41, 5.74) is 2.05. The first-order chi connectivity index (χ1) is 6.56. The molecular weight excluding hydrogens is 177 g/mol. The molecule has 0 fully saturated rings. The highest BCUT2D eigenvalue weighted by Gasteiger charge is 2.20. The fraction of sp³-hybridized carbons (Fsp3) is 0.667. The van der Waals surface area contributed by atoms with E-state index in [1.54, 1.807) is 0 Å². The Morgan fingerprint density at radius 2 is 2.21 bits per heavy atom. The van der Waals surface area contributed by atoms with Crippen molar-refractivity contribution >= 4 is 0 Å². The molecule has 0 saturated heterocycles. The van der Waals surface area contributed by atoms with Gasteiger partial charge >= 0.3 is 0 Å². The summed E-state index contributed by atoms with van der Waals surface area (Å²) in [4.78, 5) is 2.23. The van der Waals surface area contributed by atoms with Crippen LogP contribution in [0.2, 0.25) is 0 Å². The molecule has 0 amide bonds. The summed E-state index contributed by atoms with van der Waals surface area (Å²) in [7, 11) is 2.07. The molecule has 0 aliphatic heterocycles. The predicted octanol–water partition coefficient (Wildman–Crippen LogP) is 2.94. The summed E-state index contributed by atoms with van der Waals surface area (Å²) in [6.45, 7) is 7.11. The SMILES string of the molecule is CCN(C)C(C)C1=CC=C(C)[C@H](F)C1. The Morgan fingerprint density at radius 1 is 1.57 bits per heavy atom. The molecule has 2 atom stereocenters. The first-order valence-electron chi connectivity index (χ1n) is 5.27. The number of halogens is 1. The van der Waals surface area contributed by atoms with E-state index in [9.17, 15) is 4.39 Å². The summed E-state index contributed by atoms with van der Waals surface area (Å²) in [5, 5.41) is 0. The van der Waals surface area contributed by atoms with Crippen molar-refractivity contribution in [1.82, 2.24) is 4.90 Å². The van der Waals surface area contributed by atoms with Crippen LogP contribution in [0.1, 0.15) is 27.2 Å². The van der Waals surface area contributed by atoms with Gasteiger partial charge in [0.25, 0.3) is 0 Å². The second kappa shape index (κ2) is 4.74. The Bertz CT molecular complexity index is 255. The number of rotatable bonds is 3. The molecular formula is C12H20FN. The van der Waals surface area contributed by atoms with E-state index in [-0.39, 0.29) is 0 Å². The largest absolute Gasteiger partial charge is 0.300 e. The molecule has 1 aliphatic rings. The molecule has 1 unspecified atom stereocenters. The van der Waals surface area contributed by atoms with Crippen LogP contribution in [0.15, 0.2) is 23.3 Å². The van der Waals surface area contributed by atoms with Crippen molar-refractivity contribution in [3.63, 3.8) is 0 Å². The molecule has 0 spiro atoms. The minimum atomic E-state index is -0.775. The highest BCUT2D eigenvalue weighted by Crippen LogP contribution is 2.25. The Morgan fingerprint density at radius 3 is 2.71 bits per heavy atom. The van der Waals surface area contributed by atoms with Crippen LogP contribution in [0.25, 0.3) is 0 Å². The fourth-order valence-corrected chi connectivity index (χ4v) is 1.65. The minimum absolute atomic E-state index is 0.350. The Kier molecular flexibility index (Phi) is 3.87. The van der Waals surface area contributed by atoms with Gasteiger partial charge in [-0.15, -0.1) is 0 Å². The number of alkyl halides is 1. The van der Waals surface area contributed by atoms with Crippen LogP contribution in [0.3, 0.4) is 0 Å². The van der Waals surface area contributed by atoms with E-state index >= 15 is 0 Å². The summed E-state index contributed by atoms with van der Waals surface area (Å²) < 4.78 is 13.4. The van der Waals surface area contributed by atoms with E-state index in [0.717, 1.165) is 12.1 Å². The minimum Gasteiger partial charge on any atom is -0.300 e. The van der Waals surface area contributed by atoms with E-state index in [0.29, 0.717) is 12.5 Å². The van der Waals surface area contributed by atoms with Gasteiger partial charge in [0.15, 0.2) is 0 Å². The average Bonchev–Trinajstić information content (AvgIpc) is 2.20. The van der Waals surface area contributed by atoms with Gasteiger partial charge in [0.2, 0.25) is 0 Å². The molecule has 0 aromatic rings. The number of hydrogen-bond donors (Lipinski definition) is 0. The number of allylic oxidation sites excluding steroid dienone is 3. The third-order valence-corrected chi connectivity index (χ3v) is 3.17. The Labute approximate surface area is 86.3 Å². The molecule has 80 valence electrons. The van der Waals surface area contributed by atoms with Crippen LogP contribution in [0.5, 0.6) is 0 Å². The second-order valence-electron chi connectivity index (χ2n) is 4.07. The molecule has 0 N–H and O–H groups in total. The summed E-state index contributed by atoms with van der Waals surface area (Å²) in [5.74, 6) is 0. The average molecular weight is 197 g/mol. The van der Waals surface area contributed by atoms with Crippen molar-refractivity contribution in [2.75, 3.05) is 13.6 Å². The summed E-state index contributed by atoms with van der Waals surface area (Å²) in [6, 6.07) is 0.350. The monoisotopic (exact) mass is 197 g/mol. The van der Waals surface area contributed by atoms with Gasteiger partial charge in [-0.25, -0.2) is 4.39 Å². The first kappa shape index (κ1) is 11.4. The van der Waals surface area contributed by atoms with Crippen molar-refractivity contribution in [3.8, 4) is 0 Å². The lowest BCUT2D eigenvalue weighted by atomic mass is 9.93. The molecule has 1 rings (SSSR count). The second-order valence-corrected chi connectivity index (χ2v) is 4.07. The van der Waals surface area contributed by atoms with Crippen LogP contribution in [-0.4, -0.2) is 30.7 Å². The third kappa shape index (κ3) is 2.44. The van der Waals surface area contributed by atoms with Crippen molar-refractivity contribution < 1.29 is 4.39 Å². The number of hydrogen-bond acceptors (Lipinski definition) is 1. The maximum atomic E-state index is 13.4. The van der Waals surface area contributed by atoms with Crippen LogP contribution in [0, 0.1) is 0 Å². The smallest absolute Gasteiger partial charge is 0.125 e. The topological polar surface area (TPSA) is 3.24 Å².